The van der Waals surface area contributed by atoms with E-state index >= 15 is 0 Å². The SMILES string of the molecule is CCOC(=O)c1cnn(C2CCC(C(=O)OCc3ccccc3)CC2)c1. The summed E-state index contributed by atoms with van der Waals surface area (Å²) < 4.78 is 12.3. The Morgan fingerprint density at radius 2 is 1.85 bits per heavy atom. The summed E-state index contributed by atoms with van der Waals surface area (Å²) in [5.74, 6) is -0.535. The van der Waals surface area contributed by atoms with Gasteiger partial charge in [0.1, 0.15) is 6.61 Å². The number of hydrogen-bond acceptors (Lipinski definition) is 5. The Hall–Kier alpha value is -2.63. The highest BCUT2D eigenvalue weighted by Gasteiger charge is 2.29. The number of hydrogen-bond donors (Lipinski definition) is 0. The first-order valence-corrected chi connectivity index (χ1v) is 9.09. The molecule has 1 fully saturated rings. The summed E-state index contributed by atoms with van der Waals surface area (Å²) in [6.07, 6.45) is 6.50. The summed E-state index contributed by atoms with van der Waals surface area (Å²) in [6.45, 7) is 2.45. The molecule has 26 heavy (non-hydrogen) atoms. The molecule has 138 valence electrons. The van der Waals surface area contributed by atoms with Gasteiger partial charge in [-0.05, 0) is 38.2 Å². The number of benzene rings is 1. The van der Waals surface area contributed by atoms with Crippen molar-refractivity contribution >= 4 is 11.9 Å². The molecule has 1 aliphatic rings. The monoisotopic (exact) mass is 356 g/mol. The molecule has 0 N–H and O–H groups in total. The maximum atomic E-state index is 12.3. The minimum atomic E-state index is -0.350. The molecule has 2 aromatic rings. The van der Waals surface area contributed by atoms with Gasteiger partial charge in [0.25, 0.3) is 0 Å². The van der Waals surface area contributed by atoms with Gasteiger partial charge in [-0.1, -0.05) is 30.3 Å². The van der Waals surface area contributed by atoms with Gasteiger partial charge in [-0.25, -0.2) is 4.79 Å². The number of carbonyl (C=O) groups is 2. The van der Waals surface area contributed by atoms with Gasteiger partial charge in [0.05, 0.1) is 30.3 Å². The highest BCUT2D eigenvalue weighted by atomic mass is 16.5. The van der Waals surface area contributed by atoms with Crippen molar-refractivity contribution in [1.82, 2.24) is 9.78 Å². The van der Waals surface area contributed by atoms with Gasteiger partial charge >= 0.3 is 11.9 Å². The average molecular weight is 356 g/mol. The fraction of sp³-hybridized carbons (Fsp3) is 0.450. The van der Waals surface area contributed by atoms with Crippen LogP contribution in [0.15, 0.2) is 42.7 Å². The summed E-state index contributed by atoms with van der Waals surface area (Å²) in [6, 6.07) is 9.91. The number of nitrogens with zero attached hydrogens (tertiary/aromatic N) is 2. The second-order valence-electron chi connectivity index (χ2n) is 6.53. The number of carbonyl (C=O) groups excluding carboxylic acids is 2. The zero-order valence-electron chi connectivity index (χ0n) is 15.0. The van der Waals surface area contributed by atoms with Crippen LogP contribution >= 0.6 is 0 Å². The Morgan fingerprint density at radius 3 is 2.54 bits per heavy atom. The van der Waals surface area contributed by atoms with E-state index in [1.807, 2.05) is 35.0 Å². The molecule has 0 unspecified atom stereocenters. The van der Waals surface area contributed by atoms with E-state index in [4.69, 9.17) is 9.47 Å². The molecule has 1 heterocycles. The van der Waals surface area contributed by atoms with Crippen molar-refractivity contribution in [3.63, 3.8) is 0 Å². The molecule has 1 saturated carbocycles. The van der Waals surface area contributed by atoms with E-state index in [0.29, 0.717) is 18.8 Å². The molecule has 0 atom stereocenters. The van der Waals surface area contributed by atoms with E-state index in [2.05, 4.69) is 5.10 Å². The maximum absolute atomic E-state index is 12.3. The van der Waals surface area contributed by atoms with Crippen molar-refractivity contribution in [2.24, 2.45) is 5.92 Å². The predicted octanol–water partition coefficient (Wildman–Crippen LogP) is 3.53. The first kappa shape index (κ1) is 18.2. The van der Waals surface area contributed by atoms with Crippen LogP contribution in [0.25, 0.3) is 0 Å². The minimum Gasteiger partial charge on any atom is -0.462 e. The quantitative estimate of drug-likeness (QED) is 0.741. The van der Waals surface area contributed by atoms with Gasteiger partial charge in [-0.3, -0.25) is 9.48 Å². The molecule has 0 saturated heterocycles. The standard InChI is InChI=1S/C20H24N2O4/c1-2-25-20(24)17-12-21-22(13-17)18-10-8-16(9-11-18)19(23)26-14-15-6-4-3-5-7-15/h3-7,12-13,16,18H,2,8-11,14H2,1H3. The molecular formula is C20H24N2O4. The zero-order chi connectivity index (χ0) is 18.4. The average Bonchev–Trinajstić information content (AvgIpc) is 3.18. The Morgan fingerprint density at radius 1 is 1.12 bits per heavy atom. The van der Waals surface area contributed by atoms with Crippen LogP contribution in [0.3, 0.4) is 0 Å². The number of aromatic nitrogens is 2. The van der Waals surface area contributed by atoms with Gasteiger partial charge in [-0.2, -0.15) is 5.10 Å². The van der Waals surface area contributed by atoms with Crippen molar-refractivity contribution in [1.29, 1.82) is 0 Å². The first-order chi connectivity index (χ1) is 12.7. The minimum absolute atomic E-state index is 0.0601. The van der Waals surface area contributed by atoms with E-state index < -0.39 is 0 Å². The Bertz CT molecular complexity index is 733. The van der Waals surface area contributed by atoms with E-state index in [1.54, 1.807) is 13.1 Å². The molecule has 6 nitrogen and oxygen atoms in total. The fourth-order valence-corrected chi connectivity index (χ4v) is 3.28. The molecule has 1 aromatic heterocycles. The number of rotatable bonds is 6. The van der Waals surface area contributed by atoms with E-state index in [9.17, 15) is 9.59 Å². The van der Waals surface area contributed by atoms with Crippen LogP contribution in [0, 0.1) is 5.92 Å². The highest BCUT2D eigenvalue weighted by molar-refractivity contribution is 5.88. The van der Waals surface area contributed by atoms with Gasteiger partial charge < -0.3 is 9.47 Å². The Labute approximate surface area is 153 Å². The van der Waals surface area contributed by atoms with Crippen LogP contribution in [-0.2, 0) is 20.9 Å². The molecule has 0 bridgehead atoms. The van der Waals surface area contributed by atoms with Crippen molar-refractivity contribution in [2.75, 3.05) is 6.61 Å². The van der Waals surface area contributed by atoms with E-state index in [-0.39, 0.29) is 23.9 Å². The van der Waals surface area contributed by atoms with Gasteiger partial charge in [0.15, 0.2) is 0 Å². The first-order valence-electron chi connectivity index (χ1n) is 9.09. The topological polar surface area (TPSA) is 70.4 Å². The van der Waals surface area contributed by atoms with Crippen LogP contribution in [0.4, 0.5) is 0 Å². The normalized spacial score (nSPS) is 19.7. The smallest absolute Gasteiger partial charge is 0.341 e. The lowest BCUT2D eigenvalue weighted by molar-refractivity contribution is -0.151. The van der Waals surface area contributed by atoms with Gasteiger partial charge in [0.2, 0.25) is 0 Å². The van der Waals surface area contributed by atoms with Crippen molar-refractivity contribution in [2.45, 2.75) is 45.3 Å². The number of esters is 2. The Kier molecular flexibility index (Phi) is 6.04. The van der Waals surface area contributed by atoms with Crippen molar-refractivity contribution in [3.8, 4) is 0 Å². The lowest BCUT2D eigenvalue weighted by atomic mass is 9.86. The second kappa shape index (κ2) is 8.65. The van der Waals surface area contributed by atoms with Crippen LogP contribution < -0.4 is 0 Å². The summed E-state index contributed by atoms with van der Waals surface area (Å²) >= 11 is 0. The summed E-state index contributed by atoms with van der Waals surface area (Å²) in [7, 11) is 0. The molecule has 6 heteroatoms. The van der Waals surface area contributed by atoms with Crippen molar-refractivity contribution < 1.29 is 19.1 Å². The zero-order valence-corrected chi connectivity index (χ0v) is 15.0. The largest absolute Gasteiger partial charge is 0.462 e. The van der Waals surface area contributed by atoms with Crippen LogP contribution in [0.5, 0.6) is 0 Å². The molecule has 0 aliphatic heterocycles. The predicted molar refractivity (Wildman–Crippen MR) is 95.4 cm³/mol. The van der Waals surface area contributed by atoms with Gasteiger partial charge in [-0.15, -0.1) is 0 Å². The fourth-order valence-electron chi connectivity index (χ4n) is 3.28. The molecule has 1 aliphatic carbocycles. The maximum Gasteiger partial charge on any atom is 0.341 e. The third-order valence-corrected chi connectivity index (χ3v) is 4.74. The van der Waals surface area contributed by atoms with E-state index in [0.717, 1.165) is 31.2 Å². The Balaban J connectivity index is 1.48. The second-order valence-corrected chi connectivity index (χ2v) is 6.53. The number of ether oxygens (including phenoxy) is 2. The molecular weight excluding hydrogens is 332 g/mol. The van der Waals surface area contributed by atoms with Crippen LogP contribution in [-0.4, -0.2) is 28.3 Å². The third kappa shape index (κ3) is 4.50. The third-order valence-electron chi connectivity index (χ3n) is 4.74. The summed E-state index contributed by atoms with van der Waals surface area (Å²) in [5.41, 5.74) is 1.47. The molecule has 0 radical (unpaired) electrons. The van der Waals surface area contributed by atoms with Crippen LogP contribution in [0.1, 0.15) is 54.6 Å². The van der Waals surface area contributed by atoms with Crippen molar-refractivity contribution in [3.05, 3.63) is 53.9 Å². The highest BCUT2D eigenvalue weighted by Crippen LogP contribution is 2.32. The summed E-state index contributed by atoms with van der Waals surface area (Å²) in [5, 5.41) is 4.29. The van der Waals surface area contributed by atoms with Crippen LogP contribution in [0.2, 0.25) is 0 Å². The molecule has 1 aromatic carbocycles. The molecule has 0 amide bonds. The summed E-state index contributed by atoms with van der Waals surface area (Å²) in [4.78, 5) is 24.0. The van der Waals surface area contributed by atoms with Gasteiger partial charge in [0, 0.05) is 6.20 Å². The van der Waals surface area contributed by atoms with E-state index in [1.165, 1.54) is 6.20 Å². The molecule has 3 rings (SSSR count). The lowest BCUT2D eigenvalue weighted by Crippen LogP contribution is -2.25. The molecule has 0 spiro atoms. The lowest BCUT2D eigenvalue weighted by Gasteiger charge is -2.27.